The molecule has 0 saturated carbocycles. The second-order valence-electron chi connectivity index (χ2n) is 25.3. The number of carbonyl (C=O) groups is 1. The first-order valence-corrected chi connectivity index (χ1v) is 35.4. The highest BCUT2D eigenvalue weighted by atomic mass is 16.8. The number of amides is 1. The molecule has 17 unspecified atom stereocenters. The standard InChI is InChI=1S/C70H127NO18/c1-3-5-7-9-11-13-14-15-16-17-18-19-20-21-22-23-24-25-26-27-28-29-30-31-32-33-34-35-36-37-38-40-42-44-46-48-58(76)71-53(54(75)47-45-43-41-39-12-10-8-6-4-2)52-84-68-64(82)61(79)66(56(50-73)86-68)89-70-65(83)62(80)67(57(51-74)87-70)88-69-63(81)60(78)59(77)55(49-72)85-69/h5,7,11,13,15-16,18-19,53-57,59-70,72-75,77-83H,3-4,6,8-10,12,14,17,20-52H2,1-2H3,(H,71,76)/b7-5-,13-11-,16-15-,19-18-. The maximum Gasteiger partial charge on any atom is 0.220 e. The number of allylic oxidation sites excluding steroid dienone is 8. The molecule has 3 fully saturated rings. The Labute approximate surface area is 535 Å². The second kappa shape index (κ2) is 52.1. The van der Waals surface area contributed by atoms with E-state index >= 15 is 0 Å². The summed E-state index contributed by atoms with van der Waals surface area (Å²) in [7, 11) is 0. The van der Waals surface area contributed by atoms with Crippen LogP contribution in [0.5, 0.6) is 0 Å². The van der Waals surface area contributed by atoms with Crippen LogP contribution < -0.4 is 5.32 Å². The fraction of sp³-hybridized carbons (Fsp3) is 0.871. The summed E-state index contributed by atoms with van der Waals surface area (Å²) in [4.78, 5) is 13.4. The molecule has 3 saturated heterocycles. The molecule has 0 bridgehead atoms. The van der Waals surface area contributed by atoms with Gasteiger partial charge in [0.1, 0.15) is 73.2 Å². The van der Waals surface area contributed by atoms with Gasteiger partial charge in [0.05, 0.1) is 38.6 Å². The smallest absolute Gasteiger partial charge is 0.220 e. The predicted octanol–water partition coefficient (Wildman–Crippen LogP) is 9.39. The first kappa shape index (κ1) is 81.0. The maximum atomic E-state index is 13.4. The zero-order valence-corrected chi connectivity index (χ0v) is 54.9. The van der Waals surface area contributed by atoms with Crippen molar-refractivity contribution in [1.29, 1.82) is 0 Å². The van der Waals surface area contributed by atoms with Crippen molar-refractivity contribution in [3.05, 3.63) is 48.6 Å². The molecule has 0 radical (unpaired) electrons. The number of aliphatic hydroxyl groups excluding tert-OH is 11. The van der Waals surface area contributed by atoms with E-state index in [9.17, 15) is 61.0 Å². The lowest BCUT2D eigenvalue weighted by molar-refractivity contribution is -0.379. The van der Waals surface area contributed by atoms with Crippen molar-refractivity contribution in [1.82, 2.24) is 5.32 Å². The average Bonchev–Trinajstić information content (AvgIpc) is 1.40. The first-order valence-electron chi connectivity index (χ1n) is 35.4. The molecule has 0 spiro atoms. The first-order chi connectivity index (χ1) is 43.3. The molecule has 17 atom stereocenters. The average molecular weight is 1270 g/mol. The minimum absolute atomic E-state index is 0.242. The highest BCUT2D eigenvalue weighted by Crippen LogP contribution is 2.33. The summed E-state index contributed by atoms with van der Waals surface area (Å²) in [5, 5.41) is 120. The van der Waals surface area contributed by atoms with Crippen molar-refractivity contribution in [2.75, 3.05) is 26.4 Å². The monoisotopic (exact) mass is 1270 g/mol. The van der Waals surface area contributed by atoms with E-state index in [-0.39, 0.29) is 18.9 Å². The summed E-state index contributed by atoms with van der Waals surface area (Å²) in [6.07, 6.45) is 35.3. The van der Waals surface area contributed by atoms with Gasteiger partial charge in [-0.25, -0.2) is 0 Å². The van der Waals surface area contributed by atoms with Crippen LogP contribution in [0, 0.1) is 0 Å². The Morgan fingerprint density at radius 3 is 1.21 bits per heavy atom. The van der Waals surface area contributed by atoms with Crippen LogP contribution in [0.15, 0.2) is 48.6 Å². The SMILES string of the molecule is CC/C=C\C/C=C\C/C=C\C/C=C\CCCCCCCCCCCCCCCCCCCCCCCCC(=O)NC(COC1OC(CO)C(OC2OC(CO)C(OC3OC(CO)C(O)C(O)C3O)C(O)C2O)C(O)C1O)C(O)CCCCCCCCCCC. The van der Waals surface area contributed by atoms with Crippen molar-refractivity contribution >= 4 is 5.91 Å². The minimum atomic E-state index is -1.97. The maximum absolute atomic E-state index is 13.4. The van der Waals surface area contributed by atoms with Gasteiger partial charge in [-0.2, -0.15) is 0 Å². The van der Waals surface area contributed by atoms with Crippen molar-refractivity contribution in [3.63, 3.8) is 0 Å². The quantitative estimate of drug-likeness (QED) is 0.0199. The topological polar surface area (TPSA) is 307 Å². The number of rotatable bonds is 54. The fourth-order valence-electron chi connectivity index (χ4n) is 12.0. The zero-order chi connectivity index (χ0) is 64.7. The van der Waals surface area contributed by atoms with Crippen LogP contribution in [0.2, 0.25) is 0 Å². The third-order valence-corrected chi connectivity index (χ3v) is 17.7. The van der Waals surface area contributed by atoms with Crippen LogP contribution in [-0.2, 0) is 33.2 Å². The van der Waals surface area contributed by atoms with Crippen molar-refractivity contribution in [2.24, 2.45) is 0 Å². The van der Waals surface area contributed by atoms with Crippen LogP contribution in [-0.4, -0.2) is 193 Å². The number of carbonyl (C=O) groups excluding carboxylic acids is 1. The Hall–Kier alpha value is -2.25. The van der Waals surface area contributed by atoms with Crippen LogP contribution in [0.4, 0.5) is 0 Å². The molecule has 12 N–H and O–H groups in total. The number of hydrogen-bond acceptors (Lipinski definition) is 18. The molecule has 0 aromatic carbocycles. The molecule has 0 aromatic heterocycles. The molecule has 1 amide bonds. The van der Waals surface area contributed by atoms with E-state index in [2.05, 4.69) is 67.8 Å². The van der Waals surface area contributed by atoms with Crippen LogP contribution in [0.1, 0.15) is 258 Å². The van der Waals surface area contributed by atoms with E-state index < -0.39 is 124 Å². The van der Waals surface area contributed by atoms with Gasteiger partial charge >= 0.3 is 0 Å². The van der Waals surface area contributed by atoms with Gasteiger partial charge in [-0.3, -0.25) is 4.79 Å². The third kappa shape index (κ3) is 34.1. The van der Waals surface area contributed by atoms with Gasteiger partial charge in [0.15, 0.2) is 18.9 Å². The molecule has 0 aliphatic carbocycles. The molecule has 3 aliphatic heterocycles. The molecule has 19 nitrogen and oxygen atoms in total. The van der Waals surface area contributed by atoms with E-state index in [1.54, 1.807) is 0 Å². The Bertz CT molecular complexity index is 1800. The highest BCUT2D eigenvalue weighted by molar-refractivity contribution is 5.76. The van der Waals surface area contributed by atoms with Gasteiger partial charge in [0.2, 0.25) is 5.91 Å². The van der Waals surface area contributed by atoms with E-state index in [0.717, 1.165) is 70.6 Å². The predicted molar refractivity (Wildman–Crippen MR) is 346 cm³/mol. The summed E-state index contributed by atoms with van der Waals surface area (Å²) in [5.41, 5.74) is 0. The summed E-state index contributed by atoms with van der Waals surface area (Å²) in [5.74, 6) is -0.242. The van der Waals surface area contributed by atoms with Crippen LogP contribution >= 0.6 is 0 Å². The van der Waals surface area contributed by atoms with E-state index in [0.29, 0.717) is 12.8 Å². The van der Waals surface area contributed by atoms with Gasteiger partial charge in [0, 0.05) is 6.42 Å². The van der Waals surface area contributed by atoms with E-state index in [1.165, 1.54) is 154 Å². The Morgan fingerprint density at radius 2 is 0.775 bits per heavy atom. The van der Waals surface area contributed by atoms with Crippen molar-refractivity contribution in [2.45, 2.75) is 362 Å². The lowest BCUT2D eigenvalue weighted by atomic mass is 9.96. The summed E-state index contributed by atoms with van der Waals surface area (Å²) >= 11 is 0. The van der Waals surface area contributed by atoms with Gasteiger partial charge in [-0.1, -0.05) is 249 Å². The van der Waals surface area contributed by atoms with Crippen LogP contribution in [0.3, 0.4) is 0 Å². The zero-order valence-electron chi connectivity index (χ0n) is 54.9. The molecule has 89 heavy (non-hydrogen) atoms. The molecule has 19 heteroatoms. The Morgan fingerprint density at radius 1 is 0.416 bits per heavy atom. The van der Waals surface area contributed by atoms with E-state index in [4.69, 9.17) is 28.4 Å². The van der Waals surface area contributed by atoms with Crippen LogP contribution in [0.25, 0.3) is 0 Å². The van der Waals surface area contributed by atoms with Gasteiger partial charge in [0.25, 0.3) is 0 Å². The molecule has 3 heterocycles. The minimum Gasteiger partial charge on any atom is -0.394 e. The lowest BCUT2D eigenvalue weighted by Gasteiger charge is -2.48. The number of ether oxygens (including phenoxy) is 6. The Kier molecular flexibility index (Phi) is 47.4. The number of hydrogen-bond donors (Lipinski definition) is 12. The summed E-state index contributed by atoms with van der Waals surface area (Å²) in [6.45, 7) is 1.66. The molecule has 520 valence electrons. The van der Waals surface area contributed by atoms with Gasteiger partial charge in [-0.15, -0.1) is 0 Å². The second-order valence-corrected chi connectivity index (χ2v) is 25.3. The Balaban J connectivity index is 1.29. The fourth-order valence-corrected chi connectivity index (χ4v) is 12.0. The van der Waals surface area contributed by atoms with Gasteiger partial charge in [-0.05, 0) is 51.4 Å². The number of nitrogens with one attached hydrogen (secondary N) is 1. The number of unbranched alkanes of at least 4 members (excludes halogenated alkanes) is 30. The molecule has 3 rings (SSSR count). The summed E-state index contributed by atoms with van der Waals surface area (Å²) < 4.78 is 34.3. The van der Waals surface area contributed by atoms with Gasteiger partial charge < -0.3 is 89.9 Å². The van der Waals surface area contributed by atoms with E-state index in [1.807, 2.05) is 0 Å². The van der Waals surface area contributed by atoms with Crippen molar-refractivity contribution in [3.8, 4) is 0 Å². The molecule has 0 aromatic rings. The lowest BCUT2D eigenvalue weighted by Crippen LogP contribution is -2.66. The number of aliphatic hydroxyl groups is 11. The molecular weight excluding hydrogens is 1140 g/mol. The highest BCUT2D eigenvalue weighted by Gasteiger charge is 2.53. The summed E-state index contributed by atoms with van der Waals surface area (Å²) in [6, 6.07) is -0.884. The molecular formula is C70H127NO18. The third-order valence-electron chi connectivity index (χ3n) is 17.7. The normalized spacial score (nSPS) is 28.5. The molecule has 3 aliphatic rings. The largest absolute Gasteiger partial charge is 0.394 e. The van der Waals surface area contributed by atoms with Crippen molar-refractivity contribution < 1.29 is 89.4 Å².